The predicted octanol–water partition coefficient (Wildman–Crippen LogP) is 1.20. The van der Waals surface area contributed by atoms with Crippen LogP contribution in [0.4, 0.5) is 5.69 Å². The Kier molecular flexibility index (Phi) is 2.62. The van der Waals surface area contributed by atoms with Crippen molar-refractivity contribution in [2.24, 2.45) is 0 Å². The van der Waals surface area contributed by atoms with Crippen LogP contribution in [0.15, 0.2) is 24.8 Å². The Hall–Kier alpha value is -1.91. The summed E-state index contributed by atoms with van der Waals surface area (Å²) in [6, 6.07) is 1.93. The lowest BCUT2D eigenvalue weighted by atomic mass is 10.2. The molecule has 15 heavy (non-hydrogen) atoms. The lowest BCUT2D eigenvalue weighted by molar-refractivity contribution is 0.813. The smallest absolute Gasteiger partial charge is 0.157 e. The maximum atomic E-state index is 5.59. The van der Waals surface area contributed by atoms with Crippen LogP contribution < -0.4 is 5.73 Å². The maximum Gasteiger partial charge on any atom is 0.157 e. The van der Waals surface area contributed by atoms with Gasteiger partial charge < -0.3 is 5.73 Å². The van der Waals surface area contributed by atoms with Gasteiger partial charge in [0.15, 0.2) is 5.82 Å². The molecule has 0 fully saturated rings. The van der Waals surface area contributed by atoms with E-state index in [1.165, 1.54) is 0 Å². The lowest BCUT2D eigenvalue weighted by Gasteiger charge is -2.01. The van der Waals surface area contributed by atoms with Crippen LogP contribution in [0.2, 0.25) is 0 Å². The number of nitrogens with zero attached hydrogens (tertiary/aromatic N) is 4. The Balaban J connectivity index is 2.32. The Bertz CT molecular complexity index is 449. The third-order valence-corrected chi connectivity index (χ3v) is 2.05. The van der Waals surface area contributed by atoms with E-state index in [-0.39, 0.29) is 0 Å². The van der Waals surface area contributed by atoms with Crippen molar-refractivity contribution in [1.82, 2.24) is 19.7 Å². The van der Waals surface area contributed by atoms with E-state index in [4.69, 9.17) is 5.73 Å². The molecule has 0 unspecified atom stereocenters. The van der Waals surface area contributed by atoms with Crippen LogP contribution >= 0.6 is 0 Å². The Morgan fingerprint density at radius 2 is 2.27 bits per heavy atom. The van der Waals surface area contributed by atoms with Crippen LogP contribution in [-0.4, -0.2) is 19.7 Å². The molecule has 0 aliphatic heterocycles. The zero-order chi connectivity index (χ0) is 10.7. The highest BCUT2D eigenvalue weighted by atomic mass is 15.3. The van der Waals surface area contributed by atoms with Crippen molar-refractivity contribution >= 4 is 5.69 Å². The Labute approximate surface area is 88.0 Å². The van der Waals surface area contributed by atoms with Gasteiger partial charge in [-0.1, -0.05) is 13.3 Å². The molecule has 0 amide bonds. The minimum Gasteiger partial charge on any atom is -0.396 e. The monoisotopic (exact) mass is 203 g/mol. The summed E-state index contributed by atoms with van der Waals surface area (Å²) in [7, 11) is 0. The van der Waals surface area contributed by atoms with E-state index >= 15 is 0 Å². The summed E-state index contributed by atoms with van der Waals surface area (Å²) in [5.74, 6) is 0.755. The largest absolute Gasteiger partial charge is 0.396 e. The van der Waals surface area contributed by atoms with Crippen LogP contribution in [-0.2, 0) is 6.42 Å². The van der Waals surface area contributed by atoms with E-state index in [0.29, 0.717) is 5.69 Å². The fourth-order valence-corrected chi connectivity index (χ4v) is 1.37. The number of rotatable bonds is 3. The highest BCUT2D eigenvalue weighted by Crippen LogP contribution is 2.08. The van der Waals surface area contributed by atoms with Gasteiger partial charge in [0, 0.05) is 11.8 Å². The lowest BCUT2D eigenvalue weighted by Crippen LogP contribution is -2.00. The average Bonchev–Trinajstić information content (AvgIpc) is 2.66. The van der Waals surface area contributed by atoms with E-state index < -0.39 is 0 Å². The van der Waals surface area contributed by atoms with Gasteiger partial charge in [-0.05, 0) is 6.42 Å². The zero-order valence-electron chi connectivity index (χ0n) is 8.59. The third-order valence-electron chi connectivity index (χ3n) is 2.05. The first-order valence-electron chi connectivity index (χ1n) is 4.91. The van der Waals surface area contributed by atoms with Gasteiger partial charge in [-0.15, -0.1) is 0 Å². The molecular formula is C10H13N5. The van der Waals surface area contributed by atoms with Crippen molar-refractivity contribution in [3.63, 3.8) is 0 Å². The second kappa shape index (κ2) is 4.08. The Morgan fingerprint density at radius 3 is 2.93 bits per heavy atom. The molecule has 2 aromatic heterocycles. The van der Waals surface area contributed by atoms with Gasteiger partial charge in [-0.2, -0.15) is 5.10 Å². The third kappa shape index (κ3) is 2.12. The molecule has 0 atom stereocenters. The number of nitrogens with two attached hydrogens (primary N) is 1. The topological polar surface area (TPSA) is 69.6 Å². The number of nitrogen functional groups attached to an aromatic ring is 1. The second-order valence-electron chi connectivity index (χ2n) is 3.34. The molecule has 0 aliphatic rings. The molecule has 0 saturated heterocycles. The van der Waals surface area contributed by atoms with E-state index in [2.05, 4.69) is 22.0 Å². The van der Waals surface area contributed by atoms with Gasteiger partial charge in [-0.3, -0.25) is 0 Å². The quantitative estimate of drug-likeness (QED) is 0.813. The average molecular weight is 203 g/mol. The fourth-order valence-electron chi connectivity index (χ4n) is 1.37. The molecular weight excluding hydrogens is 190 g/mol. The van der Waals surface area contributed by atoms with Crippen LogP contribution in [0.25, 0.3) is 5.82 Å². The summed E-state index contributed by atoms with van der Waals surface area (Å²) in [4.78, 5) is 8.32. The van der Waals surface area contributed by atoms with Crippen LogP contribution in [0, 0.1) is 0 Å². The zero-order valence-corrected chi connectivity index (χ0v) is 8.59. The molecule has 2 rings (SSSR count). The molecule has 0 aromatic carbocycles. The number of aromatic nitrogens is 4. The normalized spacial score (nSPS) is 10.5. The number of hydrogen-bond acceptors (Lipinski definition) is 4. The molecule has 5 heteroatoms. The first-order chi connectivity index (χ1) is 7.29. The van der Waals surface area contributed by atoms with E-state index in [1.807, 2.05) is 6.07 Å². The summed E-state index contributed by atoms with van der Waals surface area (Å²) in [5.41, 5.74) is 7.24. The molecule has 0 radical (unpaired) electrons. The van der Waals surface area contributed by atoms with Gasteiger partial charge >= 0.3 is 0 Å². The van der Waals surface area contributed by atoms with Gasteiger partial charge in [0.1, 0.15) is 6.33 Å². The van der Waals surface area contributed by atoms with Crippen LogP contribution in [0.1, 0.15) is 19.0 Å². The highest BCUT2D eigenvalue weighted by Gasteiger charge is 2.01. The van der Waals surface area contributed by atoms with E-state index in [0.717, 1.165) is 24.4 Å². The first-order valence-corrected chi connectivity index (χ1v) is 4.91. The second-order valence-corrected chi connectivity index (χ2v) is 3.34. The van der Waals surface area contributed by atoms with Gasteiger partial charge in [0.25, 0.3) is 0 Å². The van der Waals surface area contributed by atoms with Crippen molar-refractivity contribution in [1.29, 1.82) is 0 Å². The van der Waals surface area contributed by atoms with Crippen LogP contribution in [0.5, 0.6) is 0 Å². The minimum absolute atomic E-state index is 0.630. The summed E-state index contributed by atoms with van der Waals surface area (Å²) in [6.45, 7) is 2.12. The molecule has 2 N–H and O–H groups in total. The molecule has 0 aliphatic carbocycles. The standard InChI is InChI=1S/C10H13N5/c1-2-3-9-4-10(13-7-12-9)15-6-8(11)5-14-15/h4-7H,2-3,11H2,1H3. The van der Waals surface area contributed by atoms with Crippen molar-refractivity contribution in [3.05, 3.63) is 30.5 Å². The first kappa shape index (κ1) is 9.64. The number of hydrogen-bond donors (Lipinski definition) is 1. The molecule has 2 heterocycles. The molecule has 0 bridgehead atoms. The summed E-state index contributed by atoms with van der Waals surface area (Å²) in [5, 5.41) is 4.09. The highest BCUT2D eigenvalue weighted by molar-refractivity contribution is 5.35. The Morgan fingerprint density at radius 1 is 1.40 bits per heavy atom. The van der Waals surface area contributed by atoms with E-state index in [1.54, 1.807) is 23.4 Å². The van der Waals surface area contributed by atoms with Crippen molar-refractivity contribution < 1.29 is 0 Å². The van der Waals surface area contributed by atoms with Crippen molar-refractivity contribution in [3.8, 4) is 5.82 Å². The molecule has 78 valence electrons. The van der Waals surface area contributed by atoms with Crippen LogP contribution in [0.3, 0.4) is 0 Å². The maximum absolute atomic E-state index is 5.59. The van der Waals surface area contributed by atoms with Gasteiger partial charge in [-0.25, -0.2) is 14.6 Å². The van der Waals surface area contributed by atoms with E-state index in [9.17, 15) is 0 Å². The SMILES string of the molecule is CCCc1cc(-n2cc(N)cn2)ncn1. The van der Waals surface area contributed by atoms with Crippen molar-refractivity contribution in [2.75, 3.05) is 5.73 Å². The van der Waals surface area contributed by atoms with Gasteiger partial charge in [0.2, 0.25) is 0 Å². The number of anilines is 1. The molecule has 2 aromatic rings. The molecule has 0 saturated carbocycles. The molecule has 0 spiro atoms. The van der Waals surface area contributed by atoms with Gasteiger partial charge in [0.05, 0.1) is 18.1 Å². The summed E-state index contributed by atoms with van der Waals surface area (Å²) in [6.07, 6.45) is 6.90. The summed E-state index contributed by atoms with van der Waals surface area (Å²) < 4.78 is 1.65. The number of aryl methyl sites for hydroxylation is 1. The predicted molar refractivity (Wildman–Crippen MR) is 57.6 cm³/mol. The molecule has 5 nitrogen and oxygen atoms in total. The minimum atomic E-state index is 0.630. The van der Waals surface area contributed by atoms with Crippen molar-refractivity contribution in [2.45, 2.75) is 19.8 Å². The summed E-state index contributed by atoms with van der Waals surface area (Å²) >= 11 is 0. The fraction of sp³-hybridized carbons (Fsp3) is 0.300.